The average molecular weight is 168 g/mol. The molecule has 3 nitrogen and oxygen atoms in total. The minimum atomic E-state index is 0.396. The fraction of sp³-hybridized carbons (Fsp3) is 0.889. The minimum Gasteiger partial charge on any atom is -0.339 e. The van der Waals surface area contributed by atoms with Crippen molar-refractivity contribution in [2.75, 3.05) is 27.2 Å². The number of likely N-dealkylation sites (tertiary alicyclic amines) is 1. The van der Waals surface area contributed by atoms with Gasteiger partial charge in [0.05, 0.1) is 0 Å². The third-order valence-electron chi connectivity index (χ3n) is 2.83. The van der Waals surface area contributed by atoms with Crippen LogP contribution in [0.2, 0.25) is 0 Å². The first-order chi connectivity index (χ1) is 5.68. The van der Waals surface area contributed by atoms with Crippen molar-refractivity contribution >= 4 is 5.91 Å². The molecule has 1 heterocycles. The number of carbonyl (C=O) groups is 1. The number of amides is 1. The summed E-state index contributed by atoms with van der Waals surface area (Å²) in [5, 5.41) is 0. The molecule has 2 aliphatic rings. The Morgan fingerprint density at radius 1 is 1.33 bits per heavy atom. The van der Waals surface area contributed by atoms with Crippen LogP contribution >= 0.6 is 0 Å². The molecule has 1 aliphatic heterocycles. The van der Waals surface area contributed by atoms with E-state index in [-0.39, 0.29) is 0 Å². The van der Waals surface area contributed by atoms with E-state index in [0.717, 1.165) is 25.9 Å². The average Bonchev–Trinajstić information content (AvgIpc) is 2.62. The predicted octanol–water partition coefficient (Wildman–Crippen LogP) is 0.169. The van der Waals surface area contributed by atoms with Gasteiger partial charge in [-0.1, -0.05) is 0 Å². The van der Waals surface area contributed by atoms with E-state index in [2.05, 4.69) is 19.0 Å². The van der Waals surface area contributed by atoms with Gasteiger partial charge in [0.2, 0.25) is 5.91 Å². The molecule has 0 aromatic heterocycles. The number of nitrogens with zero attached hydrogens (tertiary/aromatic N) is 2. The van der Waals surface area contributed by atoms with Gasteiger partial charge in [0.15, 0.2) is 0 Å². The van der Waals surface area contributed by atoms with Crippen LogP contribution in [0.5, 0.6) is 0 Å². The fourth-order valence-corrected chi connectivity index (χ4v) is 1.55. The van der Waals surface area contributed by atoms with Gasteiger partial charge in [-0.2, -0.15) is 0 Å². The van der Waals surface area contributed by atoms with Crippen LogP contribution in [0.4, 0.5) is 0 Å². The summed E-state index contributed by atoms with van der Waals surface area (Å²) in [5.74, 6) is 0.793. The highest BCUT2D eigenvalue weighted by Crippen LogP contribution is 2.32. The molecule has 0 bridgehead atoms. The first-order valence-corrected chi connectivity index (χ1v) is 4.63. The zero-order valence-electron chi connectivity index (χ0n) is 7.79. The minimum absolute atomic E-state index is 0.396. The van der Waals surface area contributed by atoms with Crippen molar-refractivity contribution in [3.8, 4) is 0 Å². The van der Waals surface area contributed by atoms with Crippen molar-refractivity contribution in [2.45, 2.75) is 18.9 Å². The second-order valence-electron chi connectivity index (χ2n) is 4.13. The summed E-state index contributed by atoms with van der Waals surface area (Å²) in [7, 11) is 4.15. The molecular formula is C9H16N2O. The first-order valence-electron chi connectivity index (χ1n) is 4.63. The van der Waals surface area contributed by atoms with E-state index in [0.29, 0.717) is 17.9 Å². The lowest BCUT2D eigenvalue weighted by Gasteiger charge is -2.42. The van der Waals surface area contributed by atoms with E-state index < -0.39 is 0 Å². The zero-order chi connectivity index (χ0) is 8.72. The summed E-state index contributed by atoms with van der Waals surface area (Å²) >= 11 is 0. The Balaban J connectivity index is 1.76. The van der Waals surface area contributed by atoms with Crippen molar-refractivity contribution in [2.24, 2.45) is 5.92 Å². The topological polar surface area (TPSA) is 23.6 Å². The van der Waals surface area contributed by atoms with Gasteiger partial charge in [-0.25, -0.2) is 0 Å². The molecule has 2 fully saturated rings. The SMILES string of the molecule is CN(C)C1CN(C(=O)C2CC2)C1. The smallest absolute Gasteiger partial charge is 0.225 e. The van der Waals surface area contributed by atoms with Crippen LogP contribution in [0.25, 0.3) is 0 Å². The van der Waals surface area contributed by atoms with Gasteiger partial charge in [0.1, 0.15) is 0 Å². The number of likely N-dealkylation sites (N-methyl/N-ethyl adjacent to an activating group) is 1. The van der Waals surface area contributed by atoms with Gasteiger partial charge < -0.3 is 9.80 Å². The van der Waals surface area contributed by atoms with E-state index in [9.17, 15) is 4.79 Å². The molecule has 1 saturated heterocycles. The Labute approximate surface area is 73.3 Å². The Morgan fingerprint density at radius 3 is 2.33 bits per heavy atom. The van der Waals surface area contributed by atoms with Gasteiger partial charge in [0, 0.05) is 25.0 Å². The van der Waals surface area contributed by atoms with Gasteiger partial charge >= 0.3 is 0 Å². The zero-order valence-corrected chi connectivity index (χ0v) is 7.79. The Hall–Kier alpha value is -0.570. The van der Waals surface area contributed by atoms with Gasteiger partial charge in [-0.05, 0) is 26.9 Å². The van der Waals surface area contributed by atoms with Crippen molar-refractivity contribution in [3.05, 3.63) is 0 Å². The molecule has 68 valence electrons. The Kier molecular flexibility index (Phi) is 1.83. The van der Waals surface area contributed by atoms with Crippen molar-refractivity contribution in [3.63, 3.8) is 0 Å². The van der Waals surface area contributed by atoms with Crippen LogP contribution in [0.3, 0.4) is 0 Å². The Morgan fingerprint density at radius 2 is 1.92 bits per heavy atom. The molecule has 1 amide bonds. The van der Waals surface area contributed by atoms with Crippen LogP contribution in [0, 0.1) is 5.92 Å². The summed E-state index contributed by atoms with van der Waals surface area (Å²) in [5.41, 5.74) is 0. The second kappa shape index (κ2) is 2.73. The van der Waals surface area contributed by atoms with Crippen LogP contribution in [0.1, 0.15) is 12.8 Å². The lowest BCUT2D eigenvalue weighted by atomic mass is 10.1. The predicted molar refractivity (Wildman–Crippen MR) is 46.8 cm³/mol. The third-order valence-corrected chi connectivity index (χ3v) is 2.83. The first kappa shape index (κ1) is 8.05. The van der Waals surface area contributed by atoms with Crippen LogP contribution in [-0.4, -0.2) is 48.9 Å². The summed E-state index contributed by atoms with van der Waals surface area (Å²) in [6, 6.07) is 0.604. The quantitative estimate of drug-likeness (QED) is 0.587. The molecule has 0 radical (unpaired) electrons. The highest BCUT2D eigenvalue weighted by molar-refractivity contribution is 5.81. The molecule has 3 heteroatoms. The molecule has 0 N–H and O–H groups in total. The molecule has 0 aromatic rings. The van der Waals surface area contributed by atoms with E-state index in [4.69, 9.17) is 0 Å². The normalized spacial score (nSPS) is 24.4. The summed E-state index contributed by atoms with van der Waals surface area (Å²) in [6.07, 6.45) is 2.25. The Bertz CT molecular complexity index is 193. The highest BCUT2D eigenvalue weighted by Gasteiger charge is 2.39. The maximum atomic E-state index is 11.5. The summed E-state index contributed by atoms with van der Waals surface area (Å²) in [4.78, 5) is 15.6. The number of carbonyl (C=O) groups excluding carboxylic acids is 1. The maximum absolute atomic E-state index is 11.5. The molecule has 0 spiro atoms. The molecule has 1 saturated carbocycles. The van der Waals surface area contributed by atoms with E-state index in [1.807, 2.05) is 4.90 Å². The largest absolute Gasteiger partial charge is 0.339 e. The maximum Gasteiger partial charge on any atom is 0.225 e. The van der Waals surface area contributed by atoms with E-state index >= 15 is 0 Å². The van der Waals surface area contributed by atoms with Crippen molar-refractivity contribution < 1.29 is 4.79 Å². The molecule has 12 heavy (non-hydrogen) atoms. The molecule has 0 atom stereocenters. The molecule has 2 rings (SSSR count). The number of hydrogen-bond acceptors (Lipinski definition) is 2. The second-order valence-corrected chi connectivity index (χ2v) is 4.13. The van der Waals surface area contributed by atoms with Gasteiger partial charge in [-0.3, -0.25) is 4.79 Å². The summed E-state index contributed by atoms with van der Waals surface area (Å²) < 4.78 is 0. The lowest BCUT2D eigenvalue weighted by molar-refractivity contribution is -0.139. The van der Waals surface area contributed by atoms with Crippen LogP contribution in [0.15, 0.2) is 0 Å². The number of rotatable bonds is 2. The number of hydrogen-bond donors (Lipinski definition) is 0. The monoisotopic (exact) mass is 168 g/mol. The molecular weight excluding hydrogens is 152 g/mol. The lowest BCUT2D eigenvalue weighted by Crippen LogP contribution is -2.59. The standard InChI is InChI=1S/C9H16N2O/c1-10(2)8-5-11(6-8)9(12)7-3-4-7/h7-8H,3-6H2,1-2H3. The molecule has 0 unspecified atom stereocenters. The molecule has 1 aliphatic carbocycles. The van der Waals surface area contributed by atoms with E-state index in [1.54, 1.807) is 0 Å². The van der Waals surface area contributed by atoms with Crippen molar-refractivity contribution in [1.29, 1.82) is 0 Å². The summed E-state index contributed by atoms with van der Waals surface area (Å²) in [6.45, 7) is 1.89. The van der Waals surface area contributed by atoms with Crippen LogP contribution < -0.4 is 0 Å². The molecule has 0 aromatic carbocycles. The van der Waals surface area contributed by atoms with Gasteiger partial charge in [-0.15, -0.1) is 0 Å². The fourth-order valence-electron chi connectivity index (χ4n) is 1.55. The van der Waals surface area contributed by atoms with Crippen LogP contribution in [-0.2, 0) is 4.79 Å². The van der Waals surface area contributed by atoms with E-state index in [1.165, 1.54) is 0 Å². The van der Waals surface area contributed by atoms with Crippen molar-refractivity contribution in [1.82, 2.24) is 9.80 Å². The highest BCUT2D eigenvalue weighted by atomic mass is 16.2. The third kappa shape index (κ3) is 1.33. The van der Waals surface area contributed by atoms with Gasteiger partial charge in [0.25, 0.3) is 0 Å².